The maximum atomic E-state index is 5.27. The lowest BCUT2D eigenvalue weighted by molar-refractivity contribution is 0.412. The second-order valence-corrected chi connectivity index (χ2v) is 6.24. The third-order valence-corrected chi connectivity index (χ3v) is 4.01. The van der Waals surface area contributed by atoms with Gasteiger partial charge in [-0.3, -0.25) is 0 Å². The van der Waals surface area contributed by atoms with Crippen LogP contribution in [0.1, 0.15) is 30.9 Å². The Hall–Kier alpha value is -1.33. The molecule has 0 aliphatic rings. The SMILES string of the molecule is COc1ccc(Cn2c(CNC(C)C)cnc2C)cc1Br. The van der Waals surface area contributed by atoms with Gasteiger partial charge in [-0.2, -0.15) is 0 Å². The lowest BCUT2D eigenvalue weighted by Crippen LogP contribution is -2.23. The van der Waals surface area contributed by atoms with E-state index in [0.717, 1.165) is 29.1 Å². The van der Waals surface area contributed by atoms with Gasteiger partial charge in [0.15, 0.2) is 0 Å². The Balaban J connectivity index is 2.19. The maximum Gasteiger partial charge on any atom is 0.133 e. The number of aryl methyl sites for hydroxylation is 1. The number of hydrogen-bond acceptors (Lipinski definition) is 3. The van der Waals surface area contributed by atoms with Crippen LogP contribution in [-0.2, 0) is 13.1 Å². The second-order valence-electron chi connectivity index (χ2n) is 5.39. The van der Waals surface area contributed by atoms with Crippen LogP contribution in [0, 0.1) is 6.92 Å². The lowest BCUT2D eigenvalue weighted by Gasteiger charge is -2.13. The first-order valence-corrected chi connectivity index (χ1v) is 7.87. The fourth-order valence-corrected chi connectivity index (χ4v) is 2.76. The number of benzene rings is 1. The van der Waals surface area contributed by atoms with Crippen LogP contribution in [0.4, 0.5) is 0 Å². The second kappa shape index (κ2) is 7.09. The number of imidazole rings is 1. The summed E-state index contributed by atoms with van der Waals surface area (Å²) >= 11 is 3.54. The third kappa shape index (κ3) is 4.08. The van der Waals surface area contributed by atoms with Crippen molar-refractivity contribution in [3.05, 3.63) is 46.0 Å². The highest BCUT2D eigenvalue weighted by atomic mass is 79.9. The molecule has 1 heterocycles. The molecular weight excluding hydrogens is 330 g/mol. The summed E-state index contributed by atoms with van der Waals surface area (Å²) in [5.41, 5.74) is 2.42. The van der Waals surface area contributed by atoms with Crippen molar-refractivity contribution in [2.75, 3.05) is 7.11 Å². The molecular formula is C16H22BrN3O. The number of aromatic nitrogens is 2. The highest BCUT2D eigenvalue weighted by Crippen LogP contribution is 2.26. The molecule has 0 aliphatic heterocycles. The average Bonchev–Trinajstić information content (AvgIpc) is 2.78. The zero-order chi connectivity index (χ0) is 15.4. The molecule has 0 spiro atoms. The fraction of sp³-hybridized carbons (Fsp3) is 0.438. The number of nitrogens with zero attached hydrogens (tertiary/aromatic N) is 2. The van der Waals surface area contributed by atoms with Crippen molar-refractivity contribution in [1.29, 1.82) is 0 Å². The summed E-state index contributed by atoms with van der Waals surface area (Å²) in [5, 5.41) is 3.44. The zero-order valence-corrected chi connectivity index (χ0v) is 14.6. The Bertz CT molecular complexity index is 608. The van der Waals surface area contributed by atoms with Crippen molar-refractivity contribution >= 4 is 15.9 Å². The fourth-order valence-electron chi connectivity index (χ4n) is 2.17. The van der Waals surface area contributed by atoms with Crippen molar-refractivity contribution in [3.63, 3.8) is 0 Å². The van der Waals surface area contributed by atoms with E-state index >= 15 is 0 Å². The van der Waals surface area contributed by atoms with Gasteiger partial charge in [0.2, 0.25) is 0 Å². The Morgan fingerprint density at radius 2 is 2.14 bits per heavy atom. The molecule has 2 rings (SSSR count). The van der Waals surface area contributed by atoms with Gasteiger partial charge in [0.05, 0.1) is 17.3 Å². The molecule has 0 radical (unpaired) electrons. The largest absolute Gasteiger partial charge is 0.496 e. The summed E-state index contributed by atoms with van der Waals surface area (Å²) in [6.07, 6.45) is 1.95. The minimum Gasteiger partial charge on any atom is -0.496 e. The predicted molar refractivity (Wildman–Crippen MR) is 88.7 cm³/mol. The molecule has 2 aromatic rings. The molecule has 0 aliphatic carbocycles. The van der Waals surface area contributed by atoms with Crippen LogP contribution in [0.3, 0.4) is 0 Å². The van der Waals surface area contributed by atoms with Crippen molar-refractivity contribution in [1.82, 2.24) is 14.9 Å². The van der Waals surface area contributed by atoms with E-state index in [0.29, 0.717) is 6.04 Å². The first kappa shape index (κ1) is 16.0. The monoisotopic (exact) mass is 351 g/mol. The van der Waals surface area contributed by atoms with E-state index in [1.807, 2.05) is 19.2 Å². The van der Waals surface area contributed by atoms with Gasteiger partial charge in [-0.05, 0) is 40.5 Å². The minimum absolute atomic E-state index is 0.462. The summed E-state index contributed by atoms with van der Waals surface area (Å²) in [6.45, 7) is 7.97. The van der Waals surface area contributed by atoms with E-state index in [9.17, 15) is 0 Å². The van der Waals surface area contributed by atoms with Gasteiger partial charge in [-0.1, -0.05) is 19.9 Å². The number of methoxy groups -OCH3 is 1. The first-order valence-electron chi connectivity index (χ1n) is 7.08. The Morgan fingerprint density at radius 3 is 2.76 bits per heavy atom. The standard InChI is InChI=1S/C16H22BrN3O/c1-11(2)18-8-14-9-19-12(3)20(14)10-13-5-6-16(21-4)15(17)7-13/h5-7,9,11,18H,8,10H2,1-4H3. The molecule has 21 heavy (non-hydrogen) atoms. The molecule has 1 aromatic heterocycles. The van der Waals surface area contributed by atoms with E-state index < -0.39 is 0 Å². The van der Waals surface area contributed by atoms with Gasteiger partial charge < -0.3 is 14.6 Å². The number of ether oxygens (including phenoxy) is 1. The average molecular weight is 352 g/mol. The molecule has 1 N–H and O–H groups in total. The zero-order valence-electron chi connectivity index (χ0n) is 13.0. The number of nitrogens with one attached hydrogen (secondary N) is 1. The van der Waals surface area contributed by atoms with Crippen LogP contribution in [0.2, 0.25) is 0 Å². The van der Waals surface area contributed by atoms with Crippen LogP contribution in [0.5, 0.6) is 5.75 Å². The highest BCUT2D eigenvalue weighted by Gasteiger charge is 2.09. The van der Waals surface area contributed by atoms with Gasteiger partial charge in [0.1, 0.15) is 11.6 Å². The van der Waals surface area contributed by atoms with Gasteiger partial charge in [0.25, 0.3) is 0 Å². The summed E-state index contributed by atoms with van der Waals surface area (Å²) in [5.74, 6) is 1.88. The van der Waals surface area contributed by atoms with E-state index in [4.69, 9.17) is 4.74 Å². The molecule has 1 aromatic carbocycles. The van der Waals surface area contributed by atoms with Crippen molar-refractivity contribution < 1.29 is 4.74 Å². The summed E-state index contributed by atoms with van der Waals surface area (Å²) in [6, 6.07) is 6.63. The molecule has 4 nitrogen and oxygen atoms in total. The predicted octanol–water partition coefficient (Wildman–Crippen LogP) is 3.51. The molecule has 0 fully saturated rings. The third-order valence-electron chi connectivity index (χ3n) is 3.39. The number of halogens is 1. The smallest absolute Gasteiger partial charge is 0.133 e. The van der Waals surface area contributed by atoms with E-state index in [-0.39, 0.29) is 0 Å². The summed E-state index contributed by atoms with van der Waals surface area (Å²) in [4.78, 5) is 4.43. The van der Waals surface area contributed by atoms with Crippen molar-refractivity contribution in [2.45, 2.75) is 39.9 Å². The highest BCUT2D eigenvalue weighted by molar-refractivity contribution is 9.10. The maximum absolute atomic E-state index is 5.27. The van der Waals surface area contributed by atoms with Gasteiger partial charge >= 0.3 is 0 Å². The van der Waals surface area contributed by atoms with Gasteiger partial charge in [-0.15, -0.1) is 0 Å². The summed E-state index contributed by atoms with van der Waals surface area (Å²) in [7, 11) is 1.68. The summed E-state index contributed by atoms with van der Waals surface area (Å²) < 4.78 is 8.49. The Labute approximate surface area is 134 Å². The van der Waals surface area contributed by atoms with Crippen molar-refractivity contribution in [2.24, 2.45) is 0 Å². The van der Waals surface area contributed by atoms with E-state index in [2.05, 4.69) is 56.8 Å². The molecule has 0 bridgehead atoms. The molecule has 0 atom stereocenters. The van der Waals surface area contributed by atoms with Gasteiger partial charge in [-0.25, -0.2) is 4.98 Å². The molecule has 0 unspecified atom stereocenters. The van der Waals surface area contributed by atoms with E-state index in [1.165, 1.54) is 11.3 Å². The minimum atomic E-state index is 0.462. The molecule has 0 saturated heterocycles. The van der Waals surface area contributed by atoms with Crippen LogP contribution in [-0.4, -0.2) is 22.7 Å². The Morgan fingerprint density at radius 1 is 1.38 bits per heavy atom. The number of hydrogen-bond donors (Lipinski definition) is 1. The van der Waals surface area contributed by atoms with Gasteiger partial charge in [0, 0.05) is 25.3 Å². The van der Waals surface area contributed by atoms with Crippen LogP contribution in [0.25, 0.3) is 0 Å². The number of rotatable bonds is 6. The lowest BCUT2D eigenvalue weighted by atomic mass is 10.2. The van der Waals surface area contributed by atoms with Crippen LogP contribution < -0.4 is 10.1 Å². The quantitative estimate of drug-likeness (QED) is 0.865. The normalized spacial score (nSPS) is 11.1. The van der Waals surface area contributed by atoms with Crippen molar-refractivity contribution in [3.8, 4) is 5.75 Å². The van der Waals surface area contributed by atoms with E-state index in [1.54, 1.807) is 7.11 Å². The topological polar surface area (TPSA) is 39.1 Å². The molecule has 0 amide bonds. The van der Waals surface area contributed by atoms with Crippen LogP contribution in [0.15, 0.2) is 28.9 Å². The Kier molecular flexibility index (Phi) is 5.42. The molecule has 5 heteroatoms. The first-order chi connectivity index (χ1) is 10.0. The van der Waals surface area contributed by atoms with Crippen LogP contribution >= 0.6 is 15.9 Å². The molecule has 0 saturated carbocycles. The molecule has 114 valence electrons.